The molecule has 2 aliphatic carbocycles. The van der Waals surface area contributed by atoms with Crippen molar-refractivity contribution in [2.24, 2.45) is 17.8 Å². The molecule has 0 saturated heterocycles. The van der Waals surface area contributed by atoms with Crippen LogP contribution in [-0.4, -0.2) is 5.97 Å². The van der Waals surface area contributed by atoms with Crippen molar-refractivity contribution >= 4 is 5.97 Å². The number of hydrogen-bond donors (Lipinski definition) is 0. The fourth-order valence-electron chi connectivity index (χ4n) is 5.51. The molecule has 26 heavy (non-hydrogen) atoms. The van der Waals surface area contributed by atoms with E-state index in [1.165, 1.54) is 25.0 Å². The quantitative estimate of drug-likeness (QED) is 0.757. The zero-order valence-electron chi connectivity index (χ0n) is 15.6. The summed E-state index contributed by atoms with van der Waals surface area (Å²) in [6, 6.07) is 4.39. The van der Waals surface area contributed by atoms with E-state index in [-0.39, 0.29) is 11.3 Å². The molecule has 2 aliphatic rings. The van der Waals surface area contributed by atoms with Gasteiger partial charge in [-0.05, 0) is 92.2 Å². The Labute approximate surface area is 155 Å². The fraction of sp³-hybridized carbons (Fsp3) is 0.682. The minimum absolute atomic E-state index is 0.143. The van der Waals surface area contributed by atoms with Crippen molar-refractivity contribution in [3.8, 4) is 0 Å². The van der Waals surface area contributed by atoms with E-state index in [1.807, 2.05) is 0 Å². The number of benzene rings is 1. The molecule has 2 fully saturated rings. The largest absolute Gasteiger partial charge is 0.550 e. The molecular formula is C22H29F2O2-. The van der Waals surface area contributed by atoms with Crippen LogP contribution in [0.4, 0.5) is 8.78 Å². The highest BCUT2D eigenvalue weighted by atomic mass is 19.2. The van der Waals surface area contributed by atoms with Crippen LogP contribution >= 0.6 is 0 Å². The molecule has 0 aliphatic heterocycles. The van der Waals surface area contributed by atoms with E-state index in [0.29, 0.717) is 18.8 Å². The minimum Gasteiger partial charge on any atom is -0.550 e. The lowest BCUT2D eigenvalue weighted by molar-refractivity contribution is -0.312. The van der Waals surface area contributed by atoms with Gasteiger partial charge in [0.25, 0.3) is 0 Å². The van der Waals surface area contributed by atoms with Gasteiger partial charge >= 0.3 is 0 Å². The van der Waals surface area contributed by atoms with Gasteiger partial charge in [-0.1, -0.05) is 25.8 Å². The van der Waals surface area contributed by atoms with Crippen LogP contribution in [-0.2, 0) is 10.2 Å². The van der Waals surface area contributed by atoms with Gasteiger partial charge in [0.2, 0.25) is 0 Å². The van der Waals surface area contributed by atoms with Gasteiger partial charge in [0, 0.05) is 5.97 Å². The topological polar surface area (TPSA) is 40.1 Å². The fourth-order valence-corrected chi connectivity index (χ4v) is 5.51. The molecule has 1 aromatic carbocycles. The lowest BCUT2D eigenvalue weighted by atomic mass is 9.56. The number of carbonyl (C=O) groups is 1. The van der Waals surface area contributed by atoms with Crippen LogP contribution in [0.1, 0.15) is 76.7 Å². The first-order valence-corrected chi connectivity index (χ1v) is 10.1. The average Bonchev–Trinajstić information content (AvgIpc) is 2.65. The molecule has 0 spiro atoms. The lowest BCUT2D eigenvalue weighted by Gasteiger charge is -2.48. The molecule has 0 unspecified atom stereocenters. The van der Waals surface area contributed by atoms with Crippen LogP contribution in [0.25, 0.3) is 0 Å². The molecular weight excluding hydrogens is 334 g/mol. The van der Waals surface area contributed by atoms with Crippen LogP contribution in [0.5, 0.6) is 0 Å². The van der Waals surface area contributed by atoms with Gasteiger partial charge < -0.3 is 9.90 Å². The molecule has 1 aromatic rings. The second-order valence-electron chi connectivity index (χ2n) is 8.38. The smallest absolute Gasteiger partial charge is 0.159 e. The molecule has 0 atom stereocenters. The molecule has 0 amide bonds. The Morgan fingerprint density at radius 1 is 1.08 bits per heavy atom. The van der Waals surface area contributed by atoms with Crippen LogP contribution in [0, 0.1) is 29.4 Å². The molecule has 2 saturated carbocycles. The van der Waals surface area contributed by atoms with Gasteiger partial charge in [-0.3, -0.25) is 0 Å². The Morgan fingerprint density at radius 2 is 1.73 bits per heavy atom. The third kappa shape index (κ3) is 3.79. The van der Waals surface area contributed by atoms with Crippen molar-refractivity contribution in [3.63, 3.8) is 0 Å². The molecule has 3 rings (SSSR count). The summed E-state index contributed by atoms with van der Waals surface area (Å²) in [6.45, 7) is 2.21. The summed E-state index contributed by atoms with van der Waals surface area (Å²) < 4.78 is 27.5. The van der Waals surface area contributed by atoms with Gasteiger partial charge in [0.05, 0.1) is 0 Å². The maximum absolute atomic E-state index is 14.0. The Kier molecular flexibility index (Phi) is 5.99. The predicted molar refractivity (Wildman–Crippen MR) is 95.4 cm³/mol. The van der Waals surface area contributed by atoms with Gasteiger partial charge in [-0.25, -0.2) is 8.78 Å². The van der Waals surface area contributed by atoms with Gasteiger partial charge in [-0.15, -0.1) is 0 Å². The van der Waals surface area contributed by atoms with E-state index in [2.05, 4.69) is 6.92 Å². The standard InChI is InChI=1S/C22H30F2O2/c1-2-3-15-10-12-22(13-11-15,18-8-9-19(23)20(24)14-18)17-6-4-16(5-7-17)21(25)26/h8-9,14-17H,2-7,10-13H2,1H3,(H,25,26)/p-1. The van der Waals surface area contributed by atoms with Crippen LogP contribution < -0.4 is 5.11 Å². The number of carbonyl (C=O) groups excluding carboxylic acids is 1. The normalized spacial score (nSPS) is 32.3. The summed E-state index contributed by atoms with van der Waals surface area (Å²) in [5.74, 6) is -1.82. The highest BCUT2D eigenvalue weighted by Gasteiger charge is 2.44. The maximum Gasteiger partial charge on any atom is 0.159 e. The average molecular weight is 363 g/mol. The predicted octanol–water partition coefficient (Wildman–Crippen LogP) is 4.75. The minimum atomic E-state index is -0.947. The summed E-state index contributed by atoms with van der Waals surface area (Å²) in [5, 5.41) is 11.2. The van der Waals surface area contributed by atoms with Crippen molar-refractivity contribution in [2.75, 3.05) is 0 Å². The monoisotopic (exact) mass is 363 g/mol. The second kappa shape index (κ2) is 8.06. The Bertz CT molecular complexity index is 627. The zero-order valence-corrected chi connectivity index (χ0v) is 15.6. The summed E-state index contributed by atoms with van der Waals surface area (Å²) in [4.78, 5) is 11.2. The van der Waals surface area contributed by atoms with Gasteiger partial charge in [0.15, 0.2) is 11.6 Å². The summed E-state index contributed by atoms with van der Waals surface area (Å²) >= 11 is 0. The van der Waals surface area contributed by atoms with Gasteiger partial charge in [-0.2, -0.15) is 0 Å². The number of halogens is 2. The molecule has 4 heteroatoms. The number of carboxylic acid groups (broad SMARTS) is 1. The molecule has 2 nitrogen and oxygen atoms in total. The second-order valence-corrected chi connectivity index (χ2v) is 8.38. The zero-order chi connectivity index (χ0) is 18.7. The van der Waals surface area contributed by atoms with Crippen molar-refractivity contribution in [3.05, 3.63) is 35.4 Å². The Hall–Kier alpha value is -1.45. The number of carboxylic acids is 1. The third-order valence-electron chi connectivity index (χ3n) is 7.03. The SMILES string of the molecule is CCCC1CCC(c2ccc(F)c(F)c2)(C2CCC(C(=O)[O-])CC2)CC1. The molecule has 0 heterocycles. The van der Waals surface area contributed by atoms with Crippen LogP contribution in [0.3, 0.4) is 0 Å². The molecule has 0 bridgehead atoms. The summed E-state index contributed by atoms with van der Waals surface area (Å²) in [7, 11) is 0. The Balaban J connectivity index is 1.85. The maximum atomic E-state index is 14.0. The number of hydrogen-bond acceptors (Lipinski definition) is 2. The van der Waals surface area contributed by atoms with E-state index in [4.69, 9.17) is 0 Å². The van der Waals surface area contributed by atoms with Crippen LogP contribution in [0.15, 0.2) is 18.2 Å². The van der Waals surface area contributed by atoms with Crippen molar-refractivity contribution in [1.29, 1.82) is 0 Å². The Morgan fingerprint density at radius 3 is 2.27 bits per heavy atom. The van der Waals surface area contributed by atoms with Gasteiger partial charge in [0.1, 0.15) is 0 Å². The highest BCUT2D eigenvalue weighted by molar-refractivity contribution is 5.67. The van der Waals surface area contributed by atoms with Crippen molar-refractivity contribution in [2.45, 2.75) is 76.5 Å². The molecule has 144 valence electrons. The molecule has 0 radical (unpaired) electrons. The first-order chi connectivity index (χ1) is 12.5. The van der Waals surface area contributed by atoms with E-state index < -0.39 is 17.6 Å². The number of aliphatic carboxylic acids is 1. The first-order valence-electron chi connectivity index (χ1n) is 10.1. The van der Waals surface area contributed by atoms with E-state index in [1.54, 1.807) is 6.07 Å². The highest BCUT2D eigenvalue weighted by Crippen LogP contribution is 2.52. The third-order valence-corrected chi connectivity index (χ3v) is 7.03. The van der Waals surface area contributed by atoms with Crippen molar-refractivity contribution < 1.29 is 18.7 Å². The van der Waals surface area contributed by atoms with E-state index >= 15 is 0 Å². The van der Waals surface area contributed by atoms with E-state index in [0.717, 1.165) is 50.0 Å². The first kappa shape index (κ1) is 19.3. The molecule has 0 aromatic heterocycles. The molecule has 0 N–H and O–H groups in total. The lowest BCUT2D eigenvalue weighted by Crippen LogP contribution is -2.43. The van der Waals surface area contributed by atoms with Crippen LogP contribution in [0.2, 0.25) is 0 Å². The number of rotatable bonds is 5. The van der Waals surface area contributed by atoms with Crippen molar-refractivity contribution in [1.82, 2.24) is 0 Å². The summed E-state index contributed by atoms with van der Waals surface area (Å²) in [6.07, 6.45) is 9.55. The van der Waals surface area contributed by atoms with E-state index in [9.17, 15) is 18.7 Å². The summed E-state index contributed by atoms with van der Waals surface area (Å²) in [5.41, 5.74) is 0.763.